The van der Waals surface area contributed by atoms with E-state index < -0.39 is 0 Å². The molecule has 0 fully saturated rings. The third kappa shape index (κ3) is 5.41. The number of nitrogens with one attached hydrogen (secondary N) is 2. The predicted octanol–water partition coefficient (Wildman–Crippen LogP) is 4.59. The van der Waals surface area contributed by atoms with Crippen LogP contribution in [0.4, 0.5) is 11.4 Å². The molecule has 0 spiro atoms. The first kappa shape index (κ1) is 21.0. The lowest BCUT2D eigenvalue weighted by molar-refractivity contribution is -0.119. The summed E-state index contributed by atoms with van der Waals surface area (Å²) in [5, 5.41) is 6.18. The van der Waals surface area contributed by atoms with Gasteiger partial charge in [0.15, 0.2) is 11.5 Å². The molecular weight excluding hydrogens is 392 g/mol. The smallest absolute Gasteiger partial charge is 0.228 e. The van der Waals surface area contributed by atoms with Crippen molar-refractivity contribution in [1.82, 2.24) is 0 Å². The molecule has 2 aromatic carbocycles. The van der Waals surface area contributed by atoms with Gasteiger partial charge >= 0.3 is 0 Å². The summed E-state index contributed by atoms with van der Waals surface area (Å²) in [7, 11) is 0. The van der Waals surface area contributed by atoms with E-state index in [1.165, 1.54) is 0 Å². The lowest BCUT2D eigenvalue weighted by Crippen LogP contribution is -2.19. The topological polar surface area (TPSA) is 76.7 Å². The highest BCUT2D eigenvalue weighted by Crippen LogP contribution is 2.38. The molecule has 154 valence electrons. The average molecular weight is 417 g/mol. The average Bonchev–Trinajstić information content (AvgIpc) is 2.90. The van der Waals surface area contributed by atoms with Crippen molar-refractivity contribution in [3.8, 4) is 11.5 Å². The molecule has 0 aliphatic carbocycles. The zero-order valence-corrected chi connectivity index (χ0v) is 17.6. The molecule has 2 amide bonds. The molecule has 0 aromatic heterocycles. The second kappa shape index (κ2) is 9.18. The van der Waals surface area contributed by atoms with Crippen molar-refractivity contribution in [2.24, 2.45) is 5.92 Å². The molecule has 3 rings (SSSR count). The molecule has 0 atom stereocenters. The molecule has 0 unspecified atom stereocenters. The molecule has 6 nitrogen and oxygen atoms in total. The Morgan fingerprint density at radius 3 is 2.62 bits per heavy atom. The van der Waals surface area contributed by atoms with Crippen molar-refractivity contribution in [2.75, 3.05) is 23.8 Å². The number of ether oxygens (including phenoxy) is 2. The van der Waals surface area contributed by atoms with Gasteiger partial charge in [-0.3, -0.25) is 9.59 Å². The van der Waals surface area contributed by atoms with Gasteiger partial charge in [-0.2, -0.15) is 0 Å². The van der Waals surface area contributed by atoms with E-state index in [1.54, 1.807) is 18.2 Å². The number of halogens is 1. The van der Waals surface area contributed by atoms with Gasteiger partial charge in [0.2, 0.25) is 11.8 Å². The van der Waals surface area contributed by atoms with Crippen LogP contribution in [0.3, 0.4) is 0 Å². The summed E-state index contributed by atoms with van der Waals surface area (Å²) < 4.78 is 11.3. The van der Waals surface area contributed by atoms with Crippen LogP contribution >= 0.6 is 11.6 Å². The molecule has 1 aliphatic rings. The van der Waals surface area contributed by atoms with Crippen molar-refractivity contribution in [2.45, 2.75) is 33.6 Å². The maximum absolute atomic E-state index is 12.6. The number of anilines is 2. The number of rotatable bonds is 5. The van der Waals surface area contributed by atoms with Gasteiger partial charge in [0, 0.05) is 23.7 Å². The van der Waals surface area contributed by atoms with Crippen molar-refractivity contribution < 1.29 is 19.1 Å². The second-order valence-corrected chi connectivity index (χ2v) is 7.76. The Hall–Kier alpha value is -2.73. The number of hydrogen-bond acceptors (Lipinski definition) is 4. The summed E-state index contributed by atoms with van der Waals surface area (Å²) >= 11 is 6.31. The fourth-order valence-electron chi connectivity index (χ4n) is 2.89. The number of benzene rings is 2. The number of hydrogen-bond donors (Lipinski definition) is 2. The predicted molar refractivity (Wildman–Crippen MR) is 114 cm³/mol. The van der Waals surface area contributed by atoms with E-state index in [1.807, 2.05) is 32.9 Å². The van der Waals surface area contributed by atoms with Gasteiger partial charge in [-0.1, -0.05) is 31.5 Å². The fraction of sp³-hybridized carbons (Fsp3) is 0.364. The Labute approximate surface area is 175 Å². The third-order valence-corrected chi connectivity index (χ3v) is 4.81. The normalized spacial score (nSPS) is 13.0. The van der Waals surface area contributed by atoms with Gasteiger partial charge in [0.1, 0.15) is 0 Å². The van der Waals surface area contributed by atoms with Crippen LogP contribution in [0.5, 0.6) is 11.5 Å². The highest BCUT2D eigenvalue weighted by molar-refractivity contribution is 6.32. The van der Waals surface area contributed by atoms with E-state index in [-0.39, 0.29) is 24.2 Å². The molecule has 2 N–H and O–H groups in total. The Morgan fingerprint density at radius 2 is 1.86 bits per heavy atom. The van der Waals surface area contributed by atoms with Crippen molar-refractivity contribution in [3.05, 3.63) is 46.5 Å². The molecule has 0 saturated carbocycles. The first-order valence-corrected chi connectivity index (χ1v) is 10.0. The SMILES string of the molecule is Cc1ccc(NC(=O)C(C)C)cc1NC(=O)Cc1cc(Cl)c2c(c1)OCCCO2. The van der Waals surface area contributed by atoms with Crippen molar-refractivity contribution in [1.29, 1.82) is 0 Å². The molecule has 0 saturated heterocycles. The van der Waals surface area contributed by atoms with Crippen LogP contribution in [0.25, 0.3) is 0 Å². The summed E-state index contributed by atoms with van der Waals surface area (Å²) in [6.07, 6.45) is 0.919. The van der Waals surface area contributed by atoms with E-state index in [4.69, 9.17) is 21.1 Å². The van der Waals surface area contributed by atoms with Crippen LogP contribution in [0.1, 0.15) is 31.4 Å². The first-order chi connectivity index (χ1) is 13.8. The molecule has 1 heterocycles. The number of amides is 2. The van der Waals surface area contributed by atoms with E-state index in [0.717, 1.165) is 17.5 Å². The quantitative estimate of drug-likeness (QED) is 0.747. The van der Waals surface area contributed by atoms with Crippen LogP contribution in [0.2, 0.25) is 5.02 Å². The Bertz CT molecular complexity index is 927. The fourth-order valence-corrected chi connectivity index (χ4v) is 3.17. The van der Waals surface area contributed by atoms with Gasteiger partial charge in [-0.25, -0.2) is 0 Å². The van der Waals surface area contributed by atoms with Gasteiger partial charge in [-0.15, -0.1) is 0 Å². The standard InChI is InChI=1S/C22H25ClN2O4/c1-13(2)22(27)24-16-6-5-14(3)18(12-16)25-20(26)11-15-9-17(23)21-19(10-15)28-7-4-8-29-21/h5-6,9-10,12-13H,4,7-8,11H2,1-3H3,(H,24,27)(H,25,26). The van der Waals surface area contributed by atoms with Crippen LogP contribution < -0.4 is 20.1 Å². The maximum atomic E-state index is 12.6. The maximum Gasteiger partial charge on any atom is 0.228 e. The minimum atomic E-state index is -0.189. The highest BCUT2D eigenvalue weighted by atomic mass is 35.5. The Balaban J connectivity index is 1.72. The molecule has 7 heteroatoms. The minimum absolute atomic E-state index is 0.0760. The summed E-state index contributed by atoms with van der Waals surface area (Å²) in [5.74, 6) is 0.697. The Kier molecular flexibility index (Phi) is 6.64. The monoisotopic (exact) mass is 416 g/mol. The summed E-state index contributed by atoms with van der Waals surface area (Å²) in [6, 6.07) is 8.94. The molecule has 29 heavy (non-hydrogen) atoms. The number of carbonyl (C=O) groups excluding carboxylic acids is 2. The number of aryl methyl sites for hydroxylation is 1. The number of fused-ring (bicyclic) bond motifs is 1. The van der Waals surface area contributed by atoms with E-state index in [0.29, 0.717) is 41.1 Å². The molecule has 0 radical (unpaired) electrons. The molecule has 2 aromatic rings. The van der Waals surface area contributed by atoms with Crippen LogP contribution in [0, 0.1) is 12.8 Å². The van der Waals surface area contributed by atoms with Gasteiger partial charge in [0.05, 0.1) is 24.7 Å². The summed E-state index contributed by atoms with van der Waals surface area (Å²) in [4.78, 5) is 24.5. The van der Waals surface area contributed by atoms with Crippen LogP contribution in [0.15, 0.2) is 30.3 Å². The van der Waals surface area contributed by atoms with Crippen molar-refractivity contribution in [3.63, 3.8) is 0 Å². The lowest BCUT2D eigenvalue weighted by atomic mass is 10.1. The van der Waals surface area contributed by atoms with Gasteiger partial charge in [0.25, 0.3) is 0 Å². The third-order valence-electron chi connectivity index (χ3n) is 4.53. The summed E-state index contributed by atoms with van der Waals surface area (Å²) in [5.41, 5.74) is 2.93. The minimum Gasteiger partial charge on any atom is -0.489 e. The van der Waals surface area contributed by atoms with E-state index >= 15 is 0 Å². The molecule has 0 bridgehead atoms. The van der Waals surface area contributed by atoms with Crippen molar-refractivity contribution >= 4 is 34.8 Å². The first-order valence-electron chi connectivity index (χ1n) is 9.63. The molecular formula is C22H25ClN2O4. The van der Waals surface area contributed by atoms with Gasteiger partial charge < -0.3 is 20.1 Å². The lowest BCUT2D eigenvalue weighted by Gasteiger charge is -2.14. The zero-order valence-electron chi connectivity index (χ0n) is 16.8. The highest BCUT2D eigenvalue weighted by Gasteiger charge is 2.17. The van der Waals surface area contributed by atoms with Crippen LogP contribution in [-0.2, 0) is 16.0 Å². The van der Waals surface area contributed by atoms with E-state index in [2.05, 4.69) is 10.6 Å². The van der Waals surface area contributed by atoms with E-state index in [9.17, 15) is 9.59 Å². The van der Waals surface area contributed by atoms with Gasteiger partial charge in [-0.05, 0) is 42.3 Å². The largest absolute Gasteiger partial charge is 0.489 e. The summed E-state index contributed by atoms with van der Waals surface area (Å²) in [6.45, 7) is 6.65. The Morgan fingerprint density at radius 1 is 1.10 bits per heavy atom. The number of carbonyl (C=O) groups is 2. The zero-order chi connectivity index (χ0) is 21.0. The second-order valence-electron chi connectivity index (χ2n) is 7.35. The molecule has 1 aliphatic heterocycles. The van der Waals surface area contributed by atoms with Crippen LogP contribution in [-0.4, -0.2) is 25.0 Å².